The molecule has 2 aliphatic rings. The van der Waals surface area contributed by atoms with Crippen molar-refractivity contribution in [2.45, 2.75) is 77.2 Å². The standard InChI is InChI=1S/C16H29NO3/c1-11(2)19-12(3)15-9-14(10-17(15)4)20-16(18)13-7-5-6-8-13/h11-15H,5-10H2,1-4H3/t12-,14?,15-/m0/s1. The van der Waals surface area contributed by atoms with Crippen LogP contribution in [-0.4, -0.2) is 48.8 Å². The quantitative estimate of drug-likeness (QED) is 0.727. The van der Waals surface area contributed by atoms with Gasteiger partial charge in [0.1, 0.15) is 6.10 Å². The maximum absolute atomic E-state index is 12.1. The molecule has 1 heterocycles. The van der Waals surface area contributed by atoms with Gasteiger partial charge in [-0.3, -0.25) is 9.69 Å². The normalized spacial score (nSPS) is 30.1. The van der Waals surface area contributed by atoms with E-state index in [4.69, 9.17) is 9.47 Å². The maximum Gasteiger partial charge on any atom is 0.309 e. The average Bonchev–Trinajstić information content (AvgIpc) is 2.97. The Kier molecular flexibility index (Phi) is 5.44. The smallest absolute Gasteiger partial charge is 0.309 e. The molecule has 4 heteroatoms. The molecule has 0 spiro atoms. The van der Waals surface area contributed by atoms with E-state index in [0.29, 0.717) is 6.04 Å². The second-order valence-electron chi connectivity index (χ2n) is 6.67. The number of nitrogens with zero attached hydrogens (tertiary/aromatic N) is 1. The van der Waals surface area contributed by atoms with E-state index in [0.717, 1.165) is 25.8 Å². The van der Waals surface area contributed by atoms with E-state index >= 15 is 0 Å². The van der Waals surface area contributed by atoms with Crippen LogP contribution in [0.1, 0.15) is 52.9 Å². The number of carbonyl (C=O) groups is 1. The van der Waals surface area contributed by atoms with Gasteiger partial charge in [-0.25, -0.2) is 0 Å². The van der Waals surface area contributed by atoms with Gasteiger partial charge in [0.2, 0.25) is 0 Å². The molecule has 1 aliphatic heterocycles. The number of hydrogen-bond acceptors (Lipinski definition) is 4. The number of likely N-dealkylation sites (tertiary alicyclic amines) is 1. The molecule has 0 N–H and O–H groups in total. The fraction of sp³-hybridized carbons (Fsp3) is 0.938. The molecule has 1 aliphatic carbocycles. The molecular formula is C16H29NO3. The van der Waals surface area contributed by atoms with Crippen LogP contribution in [-0.2, 0) is 14.3 Å². The zero-order valence-electron chi connectivity index (χ0n) is 13.3. The second kappa shape index (κ2) is 6.90. The van der Waals surface area contributed by atoms with Crippen molar-refractivity contribution >= 4 is 5.97 Å². The number of rotatable bonds is 5. The predicted octanol–water partition coefficient (Wildman–Crippen LogP) is 2.61. The van der Waals surface area contributed by atoms with Gasteiger partial charge in [-0.05, 0) is 40.7 Å². The summed E-state index contributed by atoms with van der Waals surface area (Å²) in [5.74, 6) is 0.183. The summed E-state index contributed by atoms with van der Waals surface area (Å²) < 4.78 is 11.6. The van der Waals surface area contributed by atoms with Crippen molar-refractivity contribution in [3.8, 4) is 0 Å². The highest BCUT2D eigenvalue weighted by molar-refractivity contribution is 5.72. The predicted molar refractivity (Wildman–Crippen MR) is 78.6 cm³/mol. The van der Waals surface area contributed by atoms with Gasteiger partial charge in [-0.15, -0.1) is 0 Å². The highest BCUT2D eigenvalue weighted by Gasteiger charge is 2.37. The van der Waals surface area contributed by atoms with Crippen LogP contribution in [0.3, 0.4) is 0 Å². The molecule has 0 amide bonds. The molecule has 1 saturated carbocycles. The third-order valence-corrected chi connectivity index (χ3v) is 4.56. The molecule has 0 radical (unpaired) electrons. The molecule has 2 fully saturated rings. The number of ether oxygens (including phenoxy) is 2. The van der Waals surface area contributed by atoms with Crippen molar-refractivity contribution in [3.05, 3.63) is 0 Å². The Labute approximate surface area is 122 Å². The number of esters is 1. The molecule has 20 heavy (non-hydrogen) atoms. The molecular weight excluding hydrogens is 254 g/mol. The third-order valence-electron chi connectivity index (χ3n) is 4.56. The van der Waals surface area contributed by atoms with E-state index in [9.17, 15) is 4.79 Å². The summed E-state index contributed by atoms with van der Waals surface area (Å²) in [5, 5.41) is 0. The Bertz CT molecular complexity index is 326. The minimum Gasteiger partial charge on any atom is -0.461 e. The minimum absolute atomic E-state index is 0.0268. The van der Waals surface area contributed by atoms with E-state index in [1.165, 1.54) is 12.8 Å². The first-order valence-corrected chi connectivity index (χ1v) is 8.03. The molecule has 1 saturated heterocycles. The Balaban J connectivity index is 1.82. The van der Waals surface area contributed by atoms with Gasteiger partial charge >= 0.3 is 5.97 Å². The van der Waals surface area contributed by atoms with Gasteiger partial charge in [0.25, 0.3) is 0 Å². The van der Waals surface area contributed by atoms with Crippen LogP contribution >= 0.6 is 0 Å². The first kappa shape index (κ1) is 15.8. The molecule has 116 valence electrons. The highest BCUT2D eigenvalue weighted by atomic mass is 16.5. The van der Waals surface area contributed by atoms with Crippen LogP contribution in [0.4, 0.5) is 0 Å². The van der Waals surface area contributed by atoms with E-state index < -0.39 is 0 Å². The van der Waals surface area contributed by atoms with Crippen molar-refractivity contribution in [1.29, 1.82) is 0 Å². The van der Waals surface area contributed by atoms with E-state index in [2.05, 4.69) is 32.7 Å². The highest BCUT2D eigenvalue weighted by Crippen LogP contribution is 2.29. The zero-order chi connectivity index (χ0) is 14.7. The molecule has 0 aromatic carbocycles. The first-order valence-electron chi connectivity index (χ1n) is 8.03. The van der Waals surface area contributed by atoms with Crippen molar-refractivity contribution in [2.75, 3.05) is 13.6 Å². The van der Waals surface area contributed by atoms with E-state index in [1.54, 1.807) is 0 Å². The Morgan fingerprint density at radius 1 is 1.20 bits per heavy atom. The van der Waals surface area contributed by atoms with Crippen molar-refractivity contribution < 1.29 is 14.3 Å². The summed E-state index contributed by atoms with van der Waals surface area (Å²) in [4.78, 5) is 14.4. The Morgan fingerprint density at radius 2 is 1.85 bits per heavy atom. The first-order chi connectivity index (χ1) is 9.47. The van der Waals surface area contributed by atoms with Crippen molar-refractivity contribution in [1.82, 2.24) is 4.90 Å². The Hall–Kier alpha value is -0.610. The number of carbonyl (C=O) groups excluding carboxylic acids is 1. The summed E-state index contributed by atoms with van der Waals surface area (Å²) >= 11 is 0. The van der Waals surface area contributed by atoms with Crippen LogP contribution in [0.15, 0.2) is 0 Å². The summed E-state index contributed by atoms with van der Waals surface area (Å²) in [6.07, 6.45) is 5.71. The monoisotopic (exact) mass is 283 g/mol. The van der Waals surface area contributed by atoms with Crippen LogP contribution < -0.4 is 0 Å². The minimum atomic E-state index is 0.0268. The summed E-state index contributed by atoms with van der Waals surface area (Å²) in [6, 6.07) is 0.346. The van der Waals surface area contributed by atoms with Crippen LogP contribution in [0.5, 0.6) is 0 Å². The number of hydrogen-bond donors (Lipinski definition) is 0. The molecule has 4 nitrogen and oxygen atoms in total. The lowest BCUT2D eigenvalue weighted by molar-refractivity contribution is -0.153. The van der Waals surface area contributed by atoms with Crippen LogP contribution in [0, 0.1) is 5.92 Å². The van der Waals surface area contributed by atoms with Crippen LogP contribution in [0.2, 0.25) is 0 Å². The summed E-state index contributed by atoms with van der Waals surface area (Å²) in [6.45, 7) is 7.06. The Morgan fingerprint density at radius 3 is 2.45 bits per heavy atom. The summed E-state index contributed by atoms with van der Waals surface area (Å²) in [5.41, 5.74) is 0. The lowest BCUT2D eigenvalue weighted by Gasteiger charge is -2.27. The van der Waals surface area contributed by atoms with Gasteiger partial charge in [0, 0.05) is 19.0 Å². The van der Waals surface area contributed by atoms with Gasteiger partial charge < -0.3 is 9.47 Å². The fourth-order valence-electron chi connectivity index (χ4n) is 3.56. The van der Waals surface area contributed by atoms with Gasteiger partial charge in [0.15, 0.2) is 0 Å². The largest absolute Gasteiger partial charge is 0.461 e. The van der Waals surface area contributed by atoms with Crippen molar-refractivity contribution in [3.63, 3.8) is 0 Å². The van der Waals surface area contributed by atoms with Crippen molar-refractivity contribution in [2.24, 2.45) is 5.92 Å². The van der Waals surface area contributed by atoms with E-state index in [1.807, 2.05) is 0 Å². The zero-order valence-corrected chi connectivity index (χ0v) is 13.3. The van der Waals surface area contributed by atoms with Gasteiger partial charge in [-0.2, -0.15) is 0 Å². The van der Waals surface area contributed by atoms with Gasteiger partial charge in [0.05, 0.1) is 18.1 Å². The molecule has 3 atom stereocenters. The average molecular weight is 283 g/mol. The lowest BCUT2D eigenvalue weighted by atomic mass is 10.1. The van der Waals surface area contributed by atoms with Crippen LogP contribution in [0.25, 0.3) is 0 Å². The molecule has 0 aromatic heterocycles. The number of likely N-dealkylation sites (N-methyl/N-ethyl adjacent to an activating group) is 1. The molecule has 1 unspecified atom stereocenters. The van der Waals surface area contributed by atoms with E-state index in [-0.39, 0.29) is 30.2 Å². The SMILES string of the molecule is CC(C)O[C@@H](C)[C@@H]1CC(OC(=O)C2CCCC2)CN1C. The molecule has 0 bridgehead atoms. The maximum atomic E-state index is 12.1. The second-order valence-corrected chi connectivity index (χ2v) is 6.67. The molecule has 2 rings (SSSR count). The van der Waals surface area contributed by atoms with Gasteiger partial charge in [-0.1, -0.05) is 12.8 Å². The fourth-order valence-corrected chi connectivity index (χ4v) is 3.56. The topological polar surface area (TPSA) is 38.8 Å². The molecule has 0 aromatic rings. The third kappa shape index (κ3) is 3.95. The lowest BCUT2D eigenvalue weighted by Crippen LogP contribution is -2.37. The summed E-state index contributed by atoms with van der Waals surface area (Å²) in [7, 11) is 2.09.